The van der Waals surface area contributed by atoms with Crippen LogP contribution < -0.4 is 4.72 Å². The molecule has 1 aromatic carbocycles. The van der Waals surface area contributed by atoms with Crippen LogP contribution in [0.3, 0.4) is 0 Å². The van der Waals surface area contributed by atoms with E-state index in [9.17, 15) is 12.8 Å². The fraction of sp³-hybridized carbons (Fsp3) is 0.133. The van der Waals surface area contributed by atoms with E-state index in [4.69, 9.17) is 0 Å². The van der Waals surface area contributed by atoms with Gasteiger partial charge in [-0.15, -0.1) is 22.7 Å². The highest BCUT2D eigenvalue weighted by atomic mass is 32.2. The third-order valence-corrected chi connectivity index (χ3v) is 6.86. The second-order valence-corrected chi connectivity index (χ2v) is 8.92. The van der Waals surface area contributed by atoms with Gasteiger partial charge in [0.05, 0.1) is 6.54 Å². The largest absolute Gasteiger partial charge is 0.250 e. The van der Waals surface area contributed by atoms with Gasteiger partial charge >= 0.3 is 0 Å². The Balaban J connectivity index is 1.62. The van der Waals surface area contributed by atoms with Crippen LogP contribution in [0.1, 0.15) is 15.4 Å². The van der Waals surface area contributed by atoms with E-state index < -0.39 is 10.0 Å². The normalized spacial score (nSPS) is 11.7. The zero-order valence-electron chi connectivity index (χ0n) is 11.9. The lowest BCUT2D eigenvalue weighted by Crippen LogP contribution is -2.22. The summed E-state index contributed by atoms with van der Waals surface area (Å²) in [5.41, 5.74) is 0.987. The molecule has 0 spiro atoms. The fourth-order valence-electron chi connectivity index (χ4n) is 1.96. The molecule has 2 aromatic heterocycles. The van der Waals surface area contributed by atoms with Crippen molar-refractivity contribution in [2.24, 2.45) is 0 Å². The summed E-state index contributed by atoms with van der Waals surface area (Å²) < 4.78 is 39.8. The van der Waals surface area contributed by atoms with Crippen molar-refractivity contribution in [2.45, 2.75) is 17.2 Å². The van der Waals surface area contributed by atoms with Crippen molar-refractivity contribution in [3.63, 3.8) is 0 Å². The van der Waals surface area contributed by atoms with Crippen molar-refractivity contribution in [1.82, 2.24) is 9.71 Å². The summed E-state index contributed by atoms with van der Waals surface area (Å²) >= 11 is 2.62. The summed E-state index contributed by atoms with van der Waals surface area (Å²) in [6, 6.07) is 9.57. The van der Waals surface area contributed by atoms with E-state index in [1.807, 2.05) is 0 Å². The van der Waals surface area contributed by atoms with Gasteiger partial charge in [0.25, 0.3) is 0 Å². The molecule has 3 rings (SSSR count). The minimum Gasteiger partial charge on any atom is -0.248 e. The lowest BCUT2D eigenvalue weighted by atomic mass is 10.1. The first-order valence-corrected chi connectivity index (χ1v) is 9.92. The first-order valence-electron chi connectivity index (χ1n) is 6.74. The Labute approximate surface area is 141 Å². The number of hydrogen-bond acceptors (Lipinski definition) is 5. The van der Waals surface area contributed by atoms with Gasteiger partial charge in [0, 0.05) is 17.5 Å². The van der Waals surface area contributed by atoms with Gasteiger partial charge in [-0.25, -0.2) is 22.5 Å². The van der Waals surface area contributed by atoms with Crippen molar-refractivity contribution >= 4 is 32.7 Å². The molecular weight excluding hydrogens is 355 g/mol. The predicted molar refractivity (Wildman–Crippen MR) is 89.7 cm³/mol. The van der Waals surface area contributed by atoms with Gasteiger partial charge < -0.3 is 0 Å². The predicted octanol–water partition coefficient (Wildman–Crippen LogP) is 3.41. The van der Waals surface area contributed by atoms with Crippen molar-refractivity contribution in [3.05, 3.63) is 69.2 Å². The molecule has 120 valence electrons. The van der Waals surface area contributed by atoms with Crippen LogP contribution in [-0.4, -0.2) is 13.4 Å². The highest BCUT2D eigenvalue weighted by Gasteiger charge is 2.15. The van der Waals surface area contributed by atoms with Crippen LogP contribution in [0, 0.1) is 5.82 Å². The number of rotatable bonds is 6. The van der Waals surface area contributed by atoms with Crippen LogP contribution in [0.25, 0.3) is 0 Å². The molecule has 4 nitrogen and oxygen atoms in total. The number of thiophene rings is 1. The van der Waals surface area contributed by atoms with E-state index in [0.717, 1.165) is 10.4 Å². The quantitative estimate of drug-likeness (QED) is 0.725. The molecule has 0 aliphatic carbocycles. The zero-order chi connectivity index (χ0) is 16.3. The molecule has 0 amide bonds. The van der Waals surface area contributed by atoms with Crippen LogP contribution in [0.2, 0.25) is 0 Å². The Kier molecular flexibility index (Phi) is 4.86. The van der Waals surface area contributed by atoms with Gasteiger partial charge in [0.2, 0.25) is 10.0 Å². The summed E-state index contributed by atoms with van der Waals surface area (Å²) in [6.45, 7) is 0.161. The molecule has 23 heavy (non-hydrogen) atoms. The highest BCUT2D eigenvalue weighted by Crippen LogP contribution is 2.19. The maximum atomic E-state index is 12.9. The van der Waals surface area contributed by atoms with Gasteiger partial charge in [0.15, 0.2) is 0 Å². The molecule has 0 fully saturated rings. The van der Waals surface area contributed by atoms with E-state index in [0.29, 0.717) is 15.6 Å². The smallest absolute Gasteiger partial charge is 0.248 e. The average molecular weight is 368 g/mol. The summed E-state index contributed by atoms with van der Waals surface area (Å²) in [5.74, 6) is -0.262. The van der Waals surface area contributed by atoms with Crippen LogP contribution in [0.4, 0.5) is 4.39 Å². The third-order valence-electron chi connectivity index (χ3n) is 3.07. The Morgan fingerprint density at radius 1 is 1.17 bits per heavy atom. The number of nitrogens with zero attached hydrogens (tertiary/aromatic N) is 1. The third kappa shape index (κ3) is 4.23. The zero-order valence-corrected chi connectivity index (χ0v) is 14.3. The number of nitrogens with one attached hydrogen (secondary N) is 1. The van der Waals surface area contributed by atoms with Gasteiger partial charge in [0.1, 0.15) is 15.0 Å². The lowest BCUT2D eigenvalue weighted by Gasteiger charge is -2.01. The van der Waals surface area contributed by atoms with Crippen molar-refractivity contribution in [3.8, 4) is 0 Å². The minimum atomic E-state index is -3.48. The van der Waals surface area contributed by atoms with Gasteiger partial charge in [-0.1, -0.05) is 18.2 Å². The first-order chi connectivity index (χ1) is 11.0. The van der Waals surface area contributed by atoms with Crippen molar-refractivity contribution in [1.29, 1.82) is 0 Å². The molecule has 0 aliphatic heterocycles. The Bertz CT molecular complexity index is 872. The van der Waals surface area contributed by atoms with Crippen LogP contribution in [0.5, 0.6) is 0 Å². The molecule has 0 atom stereocenters. The van der Waals surface area contributed by atoms with Gasteiger partial charge in [-0.3, -0.25) is 0 Å². The fourth-order valence-corrected chi connectivity index (χ4v) is 4.97. The maximum Gasteiger partial charge on any atom is 0.250 e. The molecule has 1 N–H and O–H groups in total. The van der Waals surface area contributed by atoms with E-state index in [2.05, 4.69) is 9.71 Å². The summed E-state index contributed by atoms with van der Waals surface area (Å²) in [5, 5.41) is 2.42. The molecule has 0 saturated carbocycles. The second-order valence-electron chi connectivity index (χ2n) is 4.78. The van der Waals surface area contributed by atoms with Crippen molar-refractivity contribution in [2.75, 3.05) is 0 Å². The summed E-state index contributed by atoms with van der Waals surface area (Å²) in [4.78, 5) is 5.24. The monoisotopic (exact) mass is 368 g/mol. The van der Waals surface area contributed by atoms with E-state index in [1.54, 1.807) is 35.8 Å². The first kappa shape index (κ1) is 16.3. The van der Waals surface area contributed by atoms with Crippen LogP contribution in [0.15, 0.2) is 52.2 Å². The van der Waals surface area contributed by atoms with E-state index in [-0.39, 0.29) is 12.4 Å². The lowest BCUT2D eigenvalue weighted by molar-refractivity contribution is 0.583. The molecule has 0 unspecified atom stereocenters. The number of hydrogen-bond donors (Lipinski definition) is 1. The second kappa shape index (κ2) is 6.88. The molecule has 3 aromatic rings. The molecule has 2 heterocycles. The number of halogens is 1. The number of benzene rings is 1. The molecular formula is C15H13FN2O2S3. The Hall–Kier alpha value is -1.61. The molecule has 0 aliphatic rings. The SMILES string of the molecule is O=S(=O)(NCc1ncc(Cc2ccc(F)cc2)s1)c1cccs1. The Morgan fingerprint density at radius 3 is 2.65 bits per heavy atom. The summed E-state index contributed by atoms with van der Waals surface area (Å²) in [6.07, 6.45) is 2.37. The number of aromatic nitrogens is 1. The highest BCUT2D eigenvalue weighted by molar-refractivity contribution is 7.91. The Morgan fingerprint density at radius 2 is 1.96 bits per heavy atom. The van der Waals surface area contributed by atoms with E-state index in [1.165, 1.54) is 34.8 Å². The topological polar surface area (TPSA) is 59.1 Å². The molecule has 0 bridgehead atoms. The van der Waals surface area contributed by atoms with Gasteiger partial charge in [-0.2, -0.15) is 0 Å². The molecule has 8 heteroatoms. The standard InChI is InChI=1S/C15H13FN2O2S3/c16-12-5-3-11(4-6-12)8-13-9-17-14(22-13)10-18-23(19,20)15-2-1-7-21-15/h1-7,9,18H,8,10H2. The van der Waals surface area contributed by atoms with E-state index >= 15 is 0 Å². The maximum absolute atomic E-state index is 12.9. The average Bonchev–Trinajstić information content (AvgIpc) is 3.19. The van der Waals surface area contributed by atoms with Crippen LogP contribution >= 0.6 is 22.7 Å². The number of thiazole rings is 1. The van der Waals surface area contributed by atoms with Gasteiger partial charge in [-0.05, 0) is 29.1 Å². The number of sulfonamides is 1. The summed E-state index contributed by atoms with van der Waals surface area (Å²) in [7, 11) is -3.48. The van der Waals surface area contributed by atoms with Crippen LogP contribution in [-0.2, 0) is 23.0 Å². The minimum absolute atomic E-state index is 0.161. The van der Waals surface area contributed by atoms with Crippen molar-refractivity contribution < 1.29 is 12.8 Å². The molecule has 0 saturated heterocycles. The molecule has 0 radical (unpaired) electrons.